The molecule has 4 nitrogen and oxygen atoms in total. The summed E-state index contributed by atoms with van der Waals surface area (Å²) in [7, 11) is 0. The Morgan fingerprint density at radius 1 is 1.06 bits per heavy atom. The lowest BCUT2D eigenvalue weighted by Gasteiger charge is -2.05. The summed E-state index contributed by atoms with van der Waals surface area (Å²) in [5.74, 6) is 0.685. The summed E-state index contributed by atoms with van der Waals surface area (Å²) < 4.78 is 0. The van der Waals surface area contributed by atoms with Gasteiger partial charge in [0.2, 0.25) is 5.95 Å². The predicted octanol–water partition coefficient (Wildman–Crippen LogP) is 2.14. The zero-order valence-corrected chi connectivity index (χ0v) is 10.1. The van der Waals surface area contributed by atoms with Crippen LogP contribution in [-0.4, -0.2) is 21.5 Å². The van der Waals surface area contributed by atoms with Crippen LogP contribution in [0, 0.1) is 13.8 Å². The number of aromatic nitrogens is 3. The molecule has 2 aromatic rings. The van der Waals surface area contributed by atoms with Gasteiger partial charge in [0.15, 0.2) is 0 Å². The summed E-state index contributed by atoms with van der Waals surface area (Å²) in [5, 5.41) is 3.20. The van der Waals surface area contributed by atoms with Gasteiger partial charge in [0.1, 0.15) is 0 Å². The second-order valence-electron chi connectivity index (χ2n) is 4.01. The van der Waals surface area contributed by atoms with Crippen LogP contribution in [-0.2, 0) is 6.42 Å². The lowest BCUT2D eigenvalue weighted by atomic mass is 10.2. The van der Waals surface area contributed by atoms with Gasteiger partial charge in [-0.3, -0.25) is 4.98 Å². The normalized spacial score (nSPS) is 10.2. The minimum absolute atomic E-state index is 0.685. The van der Waals surface area contributed by atoms with Crippen LogP contribution < -0.4 is 5.32 Å². The Balaban J connectivity index is 1.85. The van der Waals surface area contributed by atoms with Crippen molar-refractivity contribution in [2.75, 3.05) is 11.9 Å². The van der Waals surface area contributed by atoms with E-state index in [1.807, 2.05) is 32.2 Å². The molecule has 2 heterocycles. The molecule has 17 heavy (non-hydrogen) atoms. The fourth-order valence-electron chi connectivity index (χ4n) is 1.50. The van der Waals surface area contributed by atoms with E-state index in [-0.39, 0.29) is 0 Å². The maximum absolute atomic E-state index is 4.28. The first-order valence-electron chi connectivity index (χ1n) is 5.69. The van der Waals surface area contributed by atoms with Crippen molar-refractivity contribution < 1.29 is 0 Å². The standard InChI is InChI=1S/C13H16N4/c1-10-3-4-12(9-16-10)6-8-15-13-14-7-5-11(2)17-13/h3-5,7,9H,6,8H2,1-2H3,(H,14,15,17). The van der Waals surface area contributed by atoms with Crippen LogP contribution in [0.25, 0.3) is 0 Å². The smallest absolute Gasteiger partial charge is 0.222 e. The number of rotatable bonds is 4. The van der Waals surface area contributed by atoms with E-state index < -0.39 is 0 Å². The number of nitrogens with zero attached hydrogens (tertiary/aromatic N) is 3. The molecule has 2 aromatic heterocycles. The number of aryl methyl sites for hydroxylation is 2. The highest BCUT2D eigenvalue weighted by atomic mass is 15.1. The minimum Gasteiger partial charge on any atom is -0.354 e. The molecule has 0 radical (unpaired) electrons. The van der Waals surface area contributed by atoms with E-state index >= 15 is 0 Å². The Kier molecular flexibility index (Phi) is 3.65. The molecule has 0 unspecified atom stereocenters. The maximum atomic E-state index is 4.28. The van der Waals surface area contributed by atoms with Crippen LogP contribution in [0.5, 0.6) is 0 Å². The molecule has 88 valence electrons. The number of pyridine rings is 1. The van der Waals surface area contributed by atoms with Crippen molar-refractivity contribution in [3.63, 3.8) is 0 Å². The number of hydrogen-bond donors (Lipinski definition) is 1. The average molecular weight is 228 g/mol. The van der Waals surface area contributed by atoms with Gasteiger partial charge in [0.25, 0.3) is 0 Å². The van der Waals surface area contributed by atoms with E-state index in [0.29, 0.717) is 5.95 Å². The van der Waals surface area contributed by atoms with E-state index in [0.717, 1.165) is 24.4 Å². The van der Waals surface area contributed by atoms with Crippen molar-refractivity contribution in [3.8, 4) is 0 Å². The fraction of sp³-hybridized carbons (Fsp3) is 0.308. The van der Waals surface area contributed by atoms with E-state index in [9.17, 15) is 0 Å². The van der Waals surface area contributed by atoms with Gasteiger partial charge in [0, 0.05) is 30.3 Å². The molecule has 0 aliphatic heterocycles. The first-order chi connectivity index (χ1) is 8.24. The van der Waals surface area contributed by atoms with Crippen molar-refractivity contribution in [2.24, 2.45) is 0 Å². The quantitative estimate of drug-likeness (QED) is 0.871. The van der Waals surface area contributed by atoms with Crippen LogP contribution in [0.1, 0.15) is 17.0 Å². The second kappa shape index (κ2) is 5.39. The van der Waals surface area contributed by atoms with Crippen LogP contribution in [0.4, 0.5) is 5.95 Å². The number of nitrogens with one attached hydrogen (secondary N) is 1. The Hall–Kier alpha value is -1.97. The lowest BCUT2D eigenvalue weighted by Crippen LogP contribution is -2.08. The van der Waals surface area contributed by atoms with Crippen molar-refractivity contribution in [1.82, 2.24) is 15.0 Å². The summed E-state index contributed by atoms with van der Waals surface area (Å²) >= 11 is 0. The molecule has 2 rings (SSSR count). The molecule has 0 bridgehead atoms. The van der Waals surface area contributed by atoms with Gasteiger partial charge in [-0.1, -0.05) is 6.07 Å². The molecule has 0 spiro atoms. The lowest BCUT2D eigenvalue weighted by molar-refractivity contribution is 0.962. The van der Waals surface area contributed by atoms with Gasteiger partial charge in [-0.2, -0.15) is 0 Å². The molecule has 1 N–H and O–H groups in total. The van der Waals surface area contributed by atoms with Crippen LogP contribution in [0.2, 0.25) is 0 Å². The molecule has 0 aliphatic carbocycles. The van der Waals surface area contributed by atoms with E-state index in [2.05, 4.69) is 26.3 Å². The molecule has 0 aromatic carbocycles. The highest BCUT2D eigenvalue weighted by Gasteiger charge is 1.97. The van der Waals surface area contributed by atoms with Crippen LogP contribution in [0.3, 0.4) is 0 Å². The third kappa shape index (κ3) is 3.52. The molecular weight excluding hydrogens is 212 g/mol. The van der Waals surface area contributed by atoms with Gasteiger partial charge in [0.05, 0.1) is 0 Å². The Morgan fingerprint density at radius 3 is 2.65 bits per heavy atom. The van der Waals surface area contributed by atoms with Gasteiger partial charge in [-0.05, 0) is 38.0 Å². The molecular formula is C13H16N4. The largest absolute Gasteiger partial charge is 0.354 e. The summed E-state index contributed by atoms with van der Waals surface area (Å²) in [6, 6.07) is 6.01. The Morgan fingerprint density at radius 2 is 1.94 bits per heavy atom. The van der Waals surface area contributed by atoms with Crippen molar-refractivity contribution >= 4 is 5.95 Å². The minimum atomic E-state index is 0.685. The number of hydrogen-bond acceptors (Lipinski definition) is 4. The molecule has 0 fully saturated rings. The van der Waals surface area contributed by atoms with Gasteiger partial charge < -0.3 is 5.32 Å². The second-order valence-corrected chi connectivity index (χ2v) is 4.01. The summed E-state index contributed by atoms with van der Waals surface area (Å²) in [6.45, 7) is 4.76. The summed E-state index contributed by atoms with van der Waals surface area (Å²) in [6.07, 6.45) is 4.59. The Bertz CT molecular complexity index is 479. The molecule has 4 heteroatoms. The van der Waals surface area contributed by atoms with E-state index in [4.69, 9.17) is 0 Å². The molecule has 0 aliphatic rings. The molecule has 0 saturated carbocycles. The predicted molar refractivity (Wildman–Crippen MR) is 67.9 cm³/mol. The zero-order chi connectivity index (χ0) is 12.1. The monoisotopic (exact) mass is 228 g/mol. The Labute approximate surface area is 101 Å². The third-order valence-corrected chi connectivity index (χ3v) is 2.46. The molecule has 0 atom stereocenters. The molecule has 0 saturated heterocycles. The highest BCUT2D eigenvalue weighted by Crippen LogP contribution is 2.02. The van der Waals surface area contributed by atoms with Crippen molar-refractivity contribution in [2.45, 2.75) is 20.3 Å². The van der Waals surface area contributed by atoms with E-state index in [1.165, 1.54) is 5.56 Å². The van der Waals surface area contributed by atoms with Crippen molar-refractivity contribution in [1.29, 1.82) is 0 Å². The highest BCUT2D eigenvalue weighted by molar-refractivity contribution is 5.25. The van der Waals surface area contributed by atoms with Gasteiger partial charge in [-0.25, -0.2) is 9.97 Å². The zero-order valence-electron chi connectivity index (χ0n) is 10.1. The van der Waals surface area contributed by atoms with Crippen molar-refractivity contribution in [3.05, 3.63) is 47.5 Å². The summed E-state index contributed by atoms with van der Waals surface area (Å²) in [5.41, 5.74) is 3.24. The van der Waals surface area contributed by atoms with Crippen LogP contribution >= 0.6 is 0 Å². The first kappa shape index (κ1) is 11.5. The fourth-order valence-corrected chi connectivity index (χ4v) is 1.50. The van der Waals surface area contributed by atoms with Gasteiger partial charge >= 0.3 is 0 Å². The number of anilines is 1. The third-order valence-electron chi connectivity index (χ3n) is 2.46. The SMILES string of the molecule is Cc1ccc(CCNc2nccc(C)n2)cn1. The summed E-state index contributed by atoms with van der Waals surface area (Å²) in [4.78, 5) is 12.7. The topological polar surface area (TPSA) is 50.7 Å². The first-order valence-corrected chi connectivity index (χ1v) is 5.69. The maximum Gasteiger partial charge on any atom is 0.222 e. The van der Waals surface area contributed by atoms with E-state index in [1.54, 1.807) is 6.20 Å². The average Bonchev–Trinajstić information content (AvgIpc) is 2.32. The van der Waals surface area contributed by atoms with Gasteiger partial charge in [-0.15, -0.1) is 0 Å². The molecule has 0 amide bonds. The van der Waals surface area contributed by atoms with Crippen LogP contribution in [0.15, 0.2) is 30.6 Å².